The number of benzene rings is 1. The molecule has 4 nitrogen and oxygen atoms in total. The van der Waals surface area contributed by atoms with E-state index in [4.69, 9.17) is 0 Å². The summed E-state index contributed by atoms with van der Waals surface area (Å²) in [6.45, 7) is 1.92. The first kappa shape index (κ1) is 10.4. The van der Waals surface area contributed by atoms with Crippen molar-refractivity contribution in [3.05, 3.63) is 42.1 Å². The molecule has 0 spiro atoms. The molecular formula is C12H14N4. The molecule has 1 aromatic carbocycles. The molecule has 0 fully saturated rings. The molecule has 0 amide bonds. The Bertz CT molecular complexity index is 465. The van der Waals surface area contributed by atoms with Gasteiger partial charge in [-0.1, -0.05) is 6.07 Å². The Morgan fingerprint density at radius 3 is 2.50 bits per heavy atom. The van der Waals surface area contributed by atoms with Gasteiger partial charge in [-0.05, 0) is 37.3 Å². The van der Waals surface area contributed by atoms with E-state index in [1.54, 1.807) is 0 Å². The Kier molecular flexibility index (Phi) is 3.00. The summed E-state index contributed by atoms with van der Waals surface area (Å²) in [6.07, 6.45) is 0. The standard InChI is InChI=1S/C12H14N4/c1-9-6-7-12(16-15-9)14-11-5-3-4-10(8-11)13-2/h3-8,13H,1-2H3,(H,14,16). The molecule has 0 bridgehead atoms. The Hall–Kier alpha value is -2.10. The van der Waals surface area contributed by atoms with Crippen molar-refractivity contribution < 1.29 is 0 Å². The van der Waals surface area contributed by atoms with Crippen LogP contribution in [0.1, 0.15) is 5.69 Å². The van der Waals surface area contributed by atoms with Crippen LogP contribution in [0.4, 0.5) is 17.2 Å². The third-order valence-electron chi connectivity index (χ3n) is 2.22. The number of hydrogen-bond acceptors (Lipinski definition) is 4. The van der Waals surface area contributed by atoms with Crippen molar-refractivity contribution in [2.45, 2.75) is 6.92 Å². The van der Waals surface area contributed by atoms with Crippen LogP contribution in [0, 0.1) is 6.92 Å². The fraction of sp³-hybridized carbons (Fsp3) is 0.167. The highest BCUT2D eigenvalue weighted by Gasteiger charge is 1.97. The quantitative estimate of drug-likeness (QED) is 0.824. The highest BCUT2D eigenvalue weighted by molar-refractivity contribution is 5.62. The van der Waals surface area contributed by atoms with E-state index in [2.05, 4.69) is 20.8 Å². The number of nitrogens with zero attached hydrogens (tertiary/aromatic N) is 2. The van der Waals surface area contributed by atoms with Gasteiger partial charge in [0.15, 0.2) is 5.82 Å². The maximum absolute atomic E-state index is 4.05. The minimum Gasteiger partial charge on any atom is -0.388 e. The Balaban J connectivity index is 2.16. The third-order valence-corrected chi connectivity index (χ3v) is 2.22. The number of anilines is 3. The van der Waals surface area contributed by atoms with E-state index in [0.717, 1.165) is 22.9 Å². The van der Waals surface area contributed by atoms with Gasteiger partial charge in [0.05, 0.1) is 5.69 Å². The van der Waals surface area contributed by atoms with Crippen LogP contribution in [0.2, 0.25) is 0 Å². The molecule has 0 atom stereocenters. The minimum absolute atomic E-state index is 0.749. The summed E-state index contributed by atoms with van der Waals surface area (Å²) in [5.74, 6) is 0.749. The summed E-state index contributed by atoms with van der Waals surface area (Å²) >= 11 is 0. The average Bonchev–Trinajstić information content (AvgIpc) is 2.32. The second kappa shape index (κ2) is 4.61. The molecule has 2 N–H and O–H groups in total. The second-order valence-corrected chi connectivity index (χ2v) is 3.52. The lowest BCUT2D eigenvalue weighted by Crippen LogP contribution is -1.97. The van der Waals surface area contributed by atoms with Crippen LogP contribution in [-0.4, -0.2) is 17.2 Å². The highest BCUT2D eigenvalue weighted by Crippen LogP contribution is 2.17. The Morgan fingerprint density at radius 2 is 1.81 bits per heavy atom. The summed E-state index contributed by atoms with van der Waals surface area (Å²) in [7, 11) is 1.89. The molecule has 16 heavy (non-hydrogen) atoms. The molecule has 82 valence electrons. The van der Waals surface area contributed by atoms with Gasteiger partial charge < -0.3 is 10.6 Å². The first-order chi connectivity index (χ1) is 7.78. The number of nitrogens with one attached hydrogen (secondary N) is 2. The fourth-order valence-corrected chi connectivity index (χ4v) is 1.37. The maximum Gasteiger partial charge on any atom is 0.153 e. The highest BCUT2D eigenvalue weighted by atomic mass is 15.2. The predicted molar refractivity (Wildman–Crippen MR) is 66.0 cm³/mol. The van der Waals surface area contributed by atoms with Crippen LogP contribution in [0.25, 0.3) is 0 Å². The topological polar surface area (TPSA) is 49.8 Å². The van der Waals surface area contributed by atoms with Gasteiger partial charge in [0.25, 0.3) is 0 Å². The molecule has 0 aliphatic carbocycles. The van der Waals surface area contributed by atoms with Gasteiger partial charge >= 0.3 is 0 Å². The summed E-state index contributed by atoms with van der Waals surface area (Å²) in [4.78, 5) is 0. The van der Waals surface area contributed by atoms with Crippen LogP contribution < -0.4 is 10.6 Å². The lowest BCUT2D eigenvalue weighted by molar-refractivity contribution is 0.986. The smallest absolute Gasteiger partial charge is 0.153 e. The van der Waals surface area contributed by atoms with Gasteiger partial charge in [-0.3, -0.25) is 0 Å². The first-order valence-corrected chi connectivity index (χ1v) is 5.13. The molecule has 0 saturated heterocycles. The number of rotatable bonds is 3. The zero-order valence-electron chi connectivity index (χ0n) is 9.36. The predicted octanol–water partition coefficient (Wildman–Crippen LogP) is 2.57. The largest absolute Gasteiger partial charge is 0.388 e. The van der Waals surface area contributed by atoms with E-state index in [0.29, 0.717) is 0 Å². The molecule has 0 radical (unpaired) electrons. The zero-order chi connectivity index (χ0) is 11.4. The molecule has 4 heteroatoms. The Labute approximate surface area is 94.7 Å². The van der Waals surface area contributed by atoms with Crippen molar-refractivity contribution >= 4 is 17.2 Å². The van der Waals surface area contributed by atoms with E-state index >= 15 is 0 Å². The lowest BCUT2D eigenvalue weighted by Gasteiger charge is -2.06. The Morgan fingerprint density at radius 1 is 1.00 bits per heavy atom. The van der Waals surface area contributed by atoms with Crippen LogP contribution in [0.15, 0.2) is 36.4 Å². The van der Waals surface area contributed by atoms with Gasteiger partial charge in [0, 0.05) is 18.4 Å². The van der Waals surface area contributed by atoms with Gasteiger partial charge in [-0.15, -0.1) is 5.10 Å². The summed E-state index contributed by atoms with van der Waals surface area (Å²) in [5, 5.41) is 14.3. The van der Waals surface area contributed by atoms with Gasteiger partial charge in [0.2, 0.25) is 0 Å². The van der Waals surface area contributed by atoms with Gasteiger partial charge in [-0.2, -0.15) is 5.10 Å². The summed E-state index contributed by atoms with van der Waals surface area (Å²) in [5.41, 5.74) is 2.96. The van der Waals surface area contributed by atoms with Crippen LogP contribution >= 0.6 is 0 Å². The van der Waals surface area contributed by atoms with Crippen LogP contribution in [-0.2, 0) is 0 Å². The van der Waals surface area contributed by atoms with Gasteiger partial charge in [0.1, 0.15) is 0 Å². The van der Waals surface area contributed by atoms with Gasteiger partial charge in [-0.25, -0.2) is 0 Å². The SMILES string of the molecule is CNc1cccc(Nc2ccc(C)nn2)c1. The molecule has 2 rings (SSSR count). The monoisotopic (exact) mass is 214 g/mol. The lowest BCUT2D eigenvalue weighted by atomic mass is 10.3. The van der Waals surface area contributed by atoms with Crippen molar-refractivity contribution in [3.8, 4) is 0 Å². The number of aryl methyl sites for hydroxylation is 1. The van der Waals surface area contributed by atoms with E-state index < -0.39 is 0 Å². The summed E-state index contributed by atoms with van der Waals surface area (Å²) in [6, 6.07) is 11.8. The second-order valence-electron chi connectivity index (χ2n) is 3.52. The van der Waals surface area contributed by atoms with Crippen molar-refractivity contribution in [2.24, 2.45) is 0 Å². The third kappa shape index (κ3) is 2.48. The molecular weight excluding hydrogens is 200 g/mol. The van der Waals surface area contributed by atoms with E-state index in [1.165, 1.54) is 0 Å². The van der Waals surface area contributed by atoms with E-state index in [1.807, 2.05) is 50.4 Å². The van der Waals surface area contributed by atoms with Crippen molar-refractivity contribution in [1.82, 2.24) is 10.2 Å². The molecule has 0 saturated carbocycles. The maximum atomic E-state index is 4.05. The molecule has 1 heterocycles. The number of aromatic nitrogens is 2. The van der Waals surface area contributed by atoms with Crippen molar-refractivity contribution in [1.29, 1.82) is 0 Å². The van der Waals surface area contributed by atoms with Crippen molar-refractivity contribution in [3.63, 3.8) is 0 Å². The van der Waals surface area contributed by atoms with Crippen LogP contribution in [0.5, 0.6) is 0 Å². The number of hydrogen-bond donors (Lipinski definition) is 2. The van der Waals surface area contributed by atoms with Crippen molar-refractivity contribution in [2.75, 3.05) is 17.7 Å². The average molecular weight is 214 g/mol. The summed E-state index contributed by atoms with van der Waals surface area (Å²) < 4.78 is 0. The minimum atomic E-state index is 0.749. The normalized spacial score (nSPS) is 9.88. The fourth-order valence-electron chi connectivity index (χ4n) is 1.37. The molecule has 1 aromatic heterocycles. The van der Waals surface area contributed by atoms with E-state index in [9.17, 15) is 0 Å². The molecule has 0 aliphatic rings. The molecule has 2 aromatic rings. The first-order valence-electron chi connectivity index (χ1n) is 5.13. The molecule has 0 unspecified atom stereocenters. The van der Waals surface area contributed by atoms with E-state index in [-0.39, 0.29) is 0 Å². The van der Waals surface area contributed by atoms with Crippen LogP contribution in [0.3, 0.4) is 0 Å². The zero-order valence-corrected chi connectivity index (χ0v) is 9.36. The molecule has 0 aliphatic heterocycles.